The van der Waals surface area contributed by atoms with E-state index < -0.39 is 0 Å². The zero-order chi connectivity index (χ0) is 8.93. The van der Waals surface area contributed by atoms with Crippen molar-refractivity contribution in [1.29, 1.82) is 0 Å². The molecule has 0 radical (unpaired) electrons. The van der Waals surface area contributed by atoms with Crippen molar-refractivity contribution in [2.45, 2.75) is 40.0 Å². The normalized spacial score (nSPS) is 44.9. The van der Waals surface area contributed by atoms with E-state index in [0.29, 0.717) is 23.0 Å². The first-order valence-corrected chi connectivity index (χ1v) is 5.02. The van der Waals surface area contributed by atoms with Crippen molar-refractivity contribution in [3.8, 4) is 0 Å². The first-order valence-electron chi connectivity index (χ1n) is 5.02. The second kappa shape index (κ2) is 2.34. The first-order chi connectivity index (χ1) is 5.49. The maximum Gasteiger partial charge on any atom is 0.136 e. The van der Waals surface area contributed by atoms with Gasteiger partial charge in [0, 0.05) is 12.3 Å². The van der Waals surface area contributed by atoms with Crippen LogP contribution < -0.4 is 0 Å². The van der Waals surface area contributed by atoms with Crippen molar-refractivity contribution >= 4 is 5.78 Å². The Kier molecular flexibility index (Phi) is 1.61. The molecule has 0 aromatic heterocycles. The molecule has 0 heterocycles. The van der Waals surface area contributed by atoms with Gasteiger partial charge in [0.2, 0.25) is 0 Å². The highest BCUT2D eigenvalue weighted by Crippen LogP contribution is 2.53. The number of carbonyl (C=O) groups excluding carboxylic acids is 1. The molecule has 0 aromatic carbocycles. The minimum atomic E-state index is 0.358. The molecule has 0 spiro atoms. The first kappa shape index (κ1) is 8.28. The van der Waals surface area contributed by atoms with Gasteiger partial charge in [0.15, 0.2) is 0 Å². The molecule has 1 nitrogen and oxygen atoms in total. The van der Waals surface area contributed by atoms with Gasteiger partial charge in [-0.25, -0.2) is 0 Å². The van der Waals surface area contributed by atoms with Gasteiger partial charge in [0.1, 0.15) is 5.78 Å². The molecular formula is C11H18O. The Bertz CT molecular complexity index is 217. The second-order valence-corrected chi connectivity index (χ2v) is 5.46. The topological polar surface area (TPSA) is 17.1 Å². The van der Waals surface area contributed by atoms with Crippen LogP contribution in [0.5, 0.6) is 0 Å². The number of ketones is 1. The van der Waals surface area contributed by atoms with Gasteiger partial charge in [-0.2, -0.15) is 0 Å². The third kappa shape index (κ3) is 1.10. The lowest BCUT2D eigenvalue weighted by Gasteiger charge is -2.19. The van der Waals surface area contributed by atoms with Crippen LogP contribution in [0.25, 0.3) is 0 Å². The molecule has 0 N–H and O–H groups in total. The van der Waals surface area contributed by atoms with E-state index in [9.17, 15) is 4.79 Å². The molecule has 0 amide bonds. The van der Waals surface area contributed by atoms with Gasteiger partial charge >= 0.3 is 0 Å². The van der Waals surface area contributed by atoms with Crippen molar-refractivity contribution in [2.75, 3.05) is 0 Å². The lowest BCUT2D eigenvalue weighted by atomic mass is 9.86. The summed E-state index contributed by atoms with van der Waals surface area (Å²) < 4.78 is 0. The van der Waals surface area contributed by atoms with Crippen molar-refractivity contribution < 1.29 is 4.79 Å². The standard InChI is InChI=1S/C11H18O/c1-7-9-6-11(2,3)5-8(9)4-10(7)12/h7-9H,4-6H2,1-3H3. The minimum absolute atomic E-state index is 0.358. The highest BCUT2D eigenvalue weighted by molar-refractivity contribution is 5.83. The molecule has 2 aliphatic carbocycles. The van der Waals surface area contributed by atoms with Crippen LogP contribution in [0.3, 0.4) is 0 Å². The molecule has 0 saturated heterocycles. The molecule has 0 aliphatic heterocycles. The van der Waals surface area contributed by atoms with Crippen LogP contribution in [0.15, 0.2) is 0 Å². The highest BCUT2D eigenvalue weighted by Gasteiger charge is 2.48. The smallest absolute Gasteiger partial charge is 0.136 e. The fourth-order valence-electron chi connectivity index (χ4n) is 3.24. The summed E-state index contributed by atoms with van der Waals surface area (Å²) in [6, 6.07) is 0. The van der Waals surface area contributed by atoms with E-state index in [-0.39, 0.29) is 0 Å². The molecule has 0 aromatic rings. The van der Waals surface area contributed by atoms with Crippen LogP contribution in [-0.2, 0) is 4.79 Å². The van der Waals surface area contributed by atoms with E-state index in [1.807, 2.05) is 0 Å². The molecule has 1 heteroatoms. The molecule has 2 fully saturated rings. The Hall–Kier alpha value is -0.330. The van der Waals surface area contributed by atoms with E-state index in [1.165, 1.54) is 12.8 Å². The van der Waals surface area contributed by atoms with Crippen LogP contribution >= 0.6 is 0 Å². The van der Waals surface area contributed by atoms with Crippen molar-refractivity contribution in [2.24, 2.45) is 23.2 Å². The van der Waals surface area contributed by atoms with Crippen LogP contribution in [0.1, 0.15) is 40.0 Å². The van der Waals surface area contributed by atoms with Crippen molar-refractivity contribution in [3.05, 3.63) is 0 Å². The van der Waals surface area contributed by atoms with Crippen LogP contribution in [0.2, 0.25) is 0 Å². The van der Waals surface area contributed by atoms with Gasteiger partial charge in [-0.3, -0.25) is 4.79 Å². The quantitative estimate of drug-likeness (QED) is 0.540. The Morgan fingerprint density at radius 1 is 1.33 bits per heavy atom. The molecule has 3 atom stereocenters. The predicted molar refractivity (Wildman–Crippen MR) is 48.8 cm³/mol. The summed E-state index contributed by atoms with van der Waals surface area (Å²) in [4.78, 5) is 11.4. The van der Waals surface area contributed by atoms with E-state index in [0.717, 1.165) is 12.3 Å². The van der Waals surface area contributed by atoms with Gasteiger partial charge in [-0.1, -0.05) is 20.8 Å². The lowest BCUT2D eigenvalue weighted by Crippen LogP contribution is -2.14. The monoisotopic (exact) mass is 166 g/mol. The zero-order valence-electron chi connectivity index (χ0n) is 8.26. The lowest BCUT2D eigenvalue weighted by molar-refractivity contribution is -0.121. The molecule has 0 bridgehead atoms. The molecule has 2 saturated carbocycles. The third-order valence-electron chi connectivity index (χ3n) is 3.82. The van der Waals surface area contributed by atoms with E-state index in [1.54, 1.807) is 0 Å². The zero-order valence-corrected chi connectivity index (χ0v) is 8.26. The molecule has 3 unspecified atom stereocenters. The number of hydrogen-bond acceptors (Lipinski definition) is 1. The summed E-state index contributed by atoms with van der Waals surface area (Å²) >= 11 is 0. The molecule has 68 valence electrons. The summed E-state index contributed by atoms with van der Waals surface area (Å²) in [5, 5.41) is 0. The van der Waals surface area contributed by atoms with Crippen LogP contribution in [0.4, 0.5) is 0 Å². The Morgan fingerprint density at radius 3 is 2.58 bits per heavy atom. The largest absolute Gasteiger partial charge is 0.299 e. The van der Waals surface area contributed by atoms with E-state index in [4.69, 9.17) is 0 Å². The minimum Gasteiger partial charge on any atom is -0.299 e. The number of Topliss-reactive ketones (excluding diaryl/α,β-unsaturated/α-hetero) is 1. The summed E-state index contributed by atoms with van der Waals surface area (Å²) in [7, 11) is 0. The van der Waals surface area contributed by atoms with Crippen LogP contribution in [-0.4, -0.2) is 5.78 Å². The van der Waals surface area contributed by atoms with Gasteiger partial charge < -0.3 is 0 Å². The van der Waals surface area contributed by atoms with E-state index >= 15 is 0 Å². The SMILES string of the molecule is CC1C(=O)CC2CC(C)(C)CC21. The Morgan fingerprint density at radius 2 is 2.00 bits per heavy atom. The van der Waals surface area contributed by atoms with E-state index in [2.05, 4.69) is 20.8 Å². The Labute approximate surface area is 74.5 Å². The van der Waals surface area contributed by atoms with Crippen LogP contribution in [0, 0.1) is 23.2 Å². The third-order valence-corrected chi connectivity index (χ3v) is 3.82. The van der Waals surface area contributed by atoms with Crippen molar-refractivity contribution in [3.63, 3.8) is 0 Å². The predicted octanol–water partition coefficient (Wildman–Crippen LogP) is 2.65. The fourth-order valence-corrected chi connectivity index (χ4v) is 3.24. The molecule has 2 rings (SSSR count). The van der Waals surface area contributed by atoms with Gasteiger partial charge in [0.05, 0.1) is 0 Å². The summed E-state index contributed by atoms with van der Waals surface area (Å²) in [5.74, 6) is 2.31. The van der Waals surface area contributed by atoms with Crippen molar-refractivity contribution in [1.82, 2.24) is 0 Å². The maximum atomic E-state index is 11.4. The molecule has 12 heavy (non-hydrogen) atoms. The Balaban J connectivity index is 2.16. The average Bonchev–Trinajstić information content (AvgIpc) is 2.33. The maximum absolute atomic E-state index is 11.4. The molecule has 2 aliphatic rings. The number of rotatable bonds is 0. The summed E-state index contributed by atoms with van der Waals surface area (Å²) in [5.41, 5.74) is 0.504. The number of fused-ring (bicyclic) bond motifs is 1. The summed E-state index contributed by atoms with van der Waals surface area (Å²) in [6.45, 7) is 6.79. The summed E-state index contributed by atoms with van der Waals surface area (Å²) in [6.07, 6.45) is 3.41. The number of carbonyl (C=O) groups is 1. The number of hydrogen-bond donors (Lipinski definition) is 0. The average molecular weight is 166 g/mol. The molecular weight excluding hydrogens is 148 g/mol. The van der Waals surface area contributed by atoms with Gasteiger partial charge in [0.25, 0.3) is 0 Å². The fraction of sp³-hybridized carbons (Fsp3) is 0.909. The van der Waals surface area contributed by atoms with Gasteiger partial charge in [-0.15, -0.1) is 0 Å². The van der Waals surface area contributed by atoms with Gasteiger partial charge in [-0.05, 0) is 30.1 Å². The second-order valence-electron chi connectivity index (χ2n) is 5.46. The highest BCUT2D eigenvalue weighted by atomic mass is 16.1.